The van der Waals surface area contributed by atoms with Crippen molar-refractivity contribution in [2.45, 2.75) is 18.9 Å². The molecule has 0 amide bonds. The highest BCUT2D eigenvalue weighted by Crippen LogP contribution is 2.13. The third-order valence-electron chi connectivity index (χ3n) is 3.37. The summed E-state index contributed by atoms with van der Waals surface area (Å²) in [6.07, 6.45) is 1.93. The third-order valence-corrected chi connectivity index (χ3v) is 3.37. The van der Waals surface area contributed by atoms with Crippen LogP contribution in [0.3, 0.4) is 0 Å². The number of ether oxygens (including phenoxy) is 1. The number of hydrogen-bond donors (Lipinski definition) is 0. The fourth-order valence-corrected chi connectivity index (χ4v) is 2.21. The zero-order chi connectivity index (χ0) is 13.0. The normalized spacial score (nSPS) is 17.1. The van der Waals surface area contributed by atoms with Gasteiger partial charge in [0.2, 0.25) is 0 Å². The molecule has 1 fully saturated rings. The summed E-state index contributed by atoms with van der Waals surface area (Å²) in [7, 11) is 1.96. The van der Waals surface area contributed by atoms with Crippen molar-refractivity contribution in [3.63, 3.8) is 0 Å². The second kappa shape index (κ2) is 6.07. The topological polar surface area (TPSA) is 29.5 Å². The van der Waals surface area contributed by atoms with Crippen LogP contribution in [0.4, 0.5) is 4.39 Å². The number of rotatable bonds is 4. The number of ketones is 1. The van der Waals surface area contributed by atoms with E-state index in [-0.39, 0.29) is 11.6 Å². The number of carbonyl (C=O) groups is 1. The van der Waals surface area contributed by atoms with Crippen LogP contribution in [0.1, 0.15) is 23.2 Å². The average Bonchev–Trinajstić information content (AvgIpc) is 2.40. The van der Waals surface area contributed by atoms with Gasteiger partial charge in [-0.25, -0.2) is 4.39 Å². The summed E-state index contributed by atoms with van der Waals surface area (Å²) in [4.78, 5) is 14.1. The lowest BCUT2D eigenvalue weighted by Gasteiger charge is -2.30. The van der Waals surface area contributed by atoms with E-state index in [0.717, 1.165) is 26.1 Å². The Morgan fingerprint density at radius 1 is 1.33 bits per heavy atom. The quantitative estimate of drug-likeness (QED) is 0.768. The molecule has 0 aromatic heterocycles. The first kappa shape index (κ1) is 13.2. The van der Waals surface area contributed by atoms with Crippen LogP contribution in [0.2, 0.25) is 0 Å². The molecule has 1 aliphatic rings. The minimum atomic E-state index is -0.315. The molecule has 0 N–H and O–H groups in total. The van der Waals surface area contributed by atoms with Gasteiger partial charge in [0.1, 0.15) is 5.82 Å². The van der Waals surface area contributed by atoms with E-state index in [0.29, 0.717) is 18.2 Å². The summed E-state index contributed by atoms with van der Waals surface area (Å²) in [6, 6.07) is 6.12. The molecule has 0 aliphatic carbocycles. The molecule has 3 nitrogen and oxygen atoms in total. The van der Waals surface area contributed by atoms with Crippen LogP contribution in [0.5, 0.6) is 0 Å². The molecule has 0 saturated carbocycles. The van der Waals surface area contributed by atoms with Crippen LogP contribution in [0.15, 0.2) is 24.3 Å². The molecule has 1 aliphatic heterocycles. The van der Waals surface area contributed by atoms with Gasteiger partial charge in [-0.2, -0.15) is 0 Å². The molecular formula is C14H18FNO2. The van der Waals surface area contributed by atoms with Crippen molar-refractivity contribution in [2.75, 3.05) is 26.8 Å². The largest absolute Gasteiger partial charge is 0.381 e. The highest BCUT2D eigenvalue weighted by Gasteiger charge is 2.20. The molecule has 2 rings (SSSR count). The van der Waals surface area contributed by atoms with Gasteiger partial charge >= 0.3 is 0 Å². The molecule has 18 heavy (non-hydrogen) atoms. The van der Waals surface area contributed by atoms with E-state index in [4.69, 9.17) is 4.74 Å². The zero-order valence-electron chi connectivity index (χ0n) is 10.6. The molecule has 4 heteroatoms. The maximum atomic E-state index is 12.8. The van der Waals surface area contributed by atoms with Gasteiger partial charge in [-0.05, 0) is 44.2 Å². The lowest BCUT2D eigenvalue weighted by molar-refractivity contribution is 0.0418. The van der Waals surface area contributed by atoms with Crippen molar-refractivity contribution in [1.29, 1.82) is 0 Å². The number of likely N-dealkylation sites (N-methyl/N-ethyl adjacent to an activating group) is 1. The summed E-state index contributed by atoms with van der Waals surface area (Å²) in [5, 5.41) is 0. The van der Waals surface area contributed by atoms with E-state index in [1.807, 2.05) is 7.05 Å². The van der Waals surface area contributed by atoms with E-state index in [1.165, 1.54) is 24.3 Å². The van der Waals surface area contributed by atoms with Gasteiger partial charge in [0.05, 0.1) is 6.54 Å². The van der Waals surface area contributed by atoms with E-state index < -0.39 is 0 Å². The van der Waals surface area contributed by atoms with Crippen LogP contribution in [-0.2, 0) is 4.74 Å². The number of hydrogen-bond acceptors (Lipinski definition) is 3. The van der Waals surface area contributed by atoms with E-state index in [9.17, 15) is 9.18 Å². The summed E-state index contributed by atoms with van der Waals surface area (Å²) in [6.45, 7) is 1.90. The average molecular weight is 251 g/mol. The van der Waals surface area contributed by atoms with Gasteiger partial charge in [0.25, 0.3) is 0 Å². The SMILES string of the molecule is CN(CC(=O)c1ccc(F)cc1)C1CCOCC1. The van der Waals surface area contributed by atoms with Gasteiger partial charge in [-0.15, -0.1) is 0 Å². The van der Waals surface area contributed by atoms with Crippen molar-refractivity contribution in [1.82, 2.24) is 4.90 Å². The fourth-order valence-electron chi connectivity index (χ4n) is 2.21. The maximum absolute atomic E-state index is 12.8. The number of carbonyl (C=O) groups excluding carboxylic acids is 1. The summed E-state index contributed by atoms with van der Waals surface area (Å²) < 4.78 is 18.1. The Morgan fingerprint density at radius 2 is 1.94 bits per heavy atom. The molecule has 1 heterocycles. The van der Waals surface area contributed by atoms with Crippen LogP contribution in [-0.4, -0.2) is 43.5 Å². The Balaban J connectivity index is 1.91. The van der Waals surface area contributed by atoms with Crippen molar-refractivity contribution < 1.29 is 13.9 Å². The highest BCUT2D eigenvalue weighted by atomic mass is 19.1. The lowest BCUT2D eigenvalue weighted by Crippen LogP contribution is -2.39. The molecule has 0 radical (unpaired) electrons. The van der Waals surface area contributed by atoms with Crippen molar-refractivity contribution in [3.05, 3.63) is 35.6 Å². The van der Waals surface area contributed by atoms with Crippen molar-refractivity contribution in [2.24, 2.45) is 0 Å². The van der Waals surface area contributed by atoms with Gasteiger partial charge in [0.15, 0.2) is 5.78 Å². The molecule has 0 bridgehead atoms. The zero-order valence-corrected chi connectivity index (χ0v) is 10.6. The molecule has 0 spiro atoms. The van der Waals surface area contributed by atoms with Crippen LogP contribution in [0, 0.1) is 5.82 Å². The number of Topliss-reactive ketones (excluding diaryl/α,β-unsaturated/α-hetero) is 1. The van der Waals surface area contributed by atoms with Gasteiger partial charge in [-0.1, -0.05) is 0 Å². The molecule has 0 atom stereocenters. The van der Waals surface area contributed by atoms with Gasteiger partial charge < -0.3 is 4.74 Å². The lowest BCUT2D eigenvalue weighted by atomic mass is 10.1. The third kappa shape index (κ3) is 3.37. The first-order valence-corrected chi connectivity index (χ1v) is 6.23. The monoisotopic (exact) mass is 251 g/mol. The smallest absolute Gasteiger partial charge is 0.176 e. The summed E-state index contributed by atoms with van der Waals surface area (Å²) >= 11 is 0. The minimum Gasteiger partial charge on any atom is -0.381 e. The highest BCUT2D eigenvalue weighted by molar-refractivity contribution is 5.97. The summed E-state index contributed by atoms with van der Waals surface area (Å²) in [5.74, 6) is -0.284. The second-order valence-corrected chi connectivity index (χ2v) is 4.69. The predicted molar refractivity (Wildman–Crippen MR) is 67.2 cm³/mol. The van der Waals surface area contributed by atoms with E-state index in [1.54, 1.807) is 0 Å². The number of halogens is 1. The van der Waals surface area contributed by atoms with E-state index >= 15 is 0 Å². The summed E-state index contributed by atoms with van der Waals surface area (Å²) in [5.41, 5.74) is 0.565. The molecule has 98 valence electrons. The predicted octanol–water partition coefficient (Wildman–Crippen LogP) is 2.12. The molecule has 1 aromatic rings. The van der Waals surface area contributed by atoms with Gasteiger partial charge in [0, 0.05) is 24.8 Å². The standard InChI is InChI=1S/C14H18FNO2/c1-16(13-6-8-18-9-7-13)10-14(17)11-2-4-12(15)5-3-11/h2-5,13H,6-10H2,1H3. The van der Waals surface area contributed by atoms with E-state index in [2.05, 4.69) is 4.90 Å². The Bertz CT molecular complexity index is 399. The Kier molecular flexibility index (Phi) is 4.44. The van der Waals surface area contributed by atoms with Crippen LogP contribution in [0.25, 0.3) is 0 Å². The first-order valence-electron chi connectivity index (χ1n) is 6.23. The van der Waals surface area contributed by atoms with Crippen LogP contribution >= 0.6 is 0 Å². The number of benzene rings is 1. The number of nitrogens with zero attached hydrogens (tertiary/aromatic N) is 1. The molecule has 0 unspecified atom stereocenters. The molecule has 1 aromatic carbocycles. The van der Waals surface area contributed by atoms with Gasteiger partial charge in [-0.3, -0.25) is 9.69 Å². The van der Waals surface area contributed by atoms with Crippen molar-refractivity contribution in [3.8, 4) is 0 Å². The Morgan fingerprint density at radius 3 is 2.56 bits per heavy atom. The maximum Gasteiger partial charge on any atom is 0.176 e. The Labute approximate surface area is 107 Å². The molecule has 1 saturated heterocycles. The minimum absolute atomic E-state index is 0.0315. The van der Waals surface area contributed by atoms with Crippen LogP contribution < -0.4 is 0 Å². The van der Waals surface area contributed by atoms with Crippen molar-refractivity contribution >= 4 is 5.78 Å². The first-order chi connectivity index (χ1) is 8.66. The second-order valence-electron chi connectivity index (χ2n) is 4.69. The fraction of sp³-hybridized carbons (Fsp3) is 0.500. The molecular weight excluding hydrogens is 233 g/mol. The Hall–Kier alpha value is -1.26.